The molecule has 3 aromatic rings. The summed E-state index contributed by atoms with van der Waals surface area (Å²) in [6, 6.07) is 18.5. The second-order valence-electron chi connectivity index (χ2n) is 7.49. The molecule has 144 valence electrons. The summed E-state index contributed by atoms with van der Waals surface area (Å²) < 4.78 is 1.84. The summed E-state index contributed by atoms with van der Waals surface area (Å²) in [6.07, 6.45) is 2.76. The van der Waals surface area contributed by atoms with Crippen LogP contribution >= 0.6 is 0 Å². The van der Waals surface area contributed by atoms with Crippen LogP contribution in [0, 0.1) is 19.8 Å². The number of amides is 1. The van der Waals surface area contributed by atoms with E-state index in [4.69, 9.17) is 0 Å². The number of carbonyl (C=O) groups is 1. The molecular formula is C23H26N4O. The minimum Gasteiger partial charge on any atom is -0.371 e. The van der Waals surface area contributed by atoms with Crippen LogP contribution < -0.4 is 10.2 Å². The third-order valence-electron chi connectivity index (χ3n) is 5.56. The maximum absolute atomic E-state index is 12.7. The number of hydrogen-bond acceptors (Lipinski definition) is 3. The topological polar surface area (TPSA) is 50.2 Å². The van der Waals surface area contributed by atoms with Crippen molar-refractivity contribution in [2.24, 2.45) is 5.92 Å². The molecule has 1 aromatic heterocycles. The number of rotatable bonds is 5. The molecule has 1 fully saturated rings. The van der Waals surface area contributed by atoms with Crippen molar-refractivity contribution in [1.29, 1.82) is 0 Å². The number of nitrogens with zero attached hydrogens (tertiary/aromatic N) is 3. The Morgan fingerprint density at radius 1 is 1.11 bits per heavy atom. The predicted octanol–water partition coefficient (Wildman–Crippen LogP) is 3.75. The van der Waals surface area contributed by atoms with Crippen LogP contribution in [0.1, 0.15) is 28.0 Å². The Balaban J connectivity index is 1.38. The number of carbonyl (C=O) groups excluding carboxylic acids is 1. The fourth-order valence-electron chi connectivity index (χ4n) is 3.88. The quantitative estimate of drug-likeness (QED) is 0.740. The molecule has 1 aliphatic heterocycles. The molecule has 1 amide bonds. The van der Waals surface area contributed by atoms with Gasteiger partial charge in [-0.25, -0.2) is 4.68 Å². The largest absolute Gasteiger partial charge is 0.371 e. The zero-order chi connectivity index (χ0) is 19.5. The monoisotopic (exact) mass is 374 g/mol. The average molecular weight is 374 g/mol. The van der Waals surface area contributed by atoms with Gasteiger partial charge in [0, 0.05) is 25.3 Å². The van der Waals surface area contributed by atoms with Crippen molar-refractivity contribution >= 4 is 11.6 Å². The molecule has 0 aliphatic carbocycles. The highest BCUT2D eigenvalue weighted by atomic mass is 16.1. The molecule has 1 aliphatic rings. The van der Waals surface area contributed by atoms with Crippen LogP contribution in [0.2, 0.25) is 0 Å². The summed E-state index contributed by atoms with van der Waals surface area (Å²) in [4.78, 5) is 15.1. The van der Waals surface area contributed by atoms with E-state index in [2.05, 4.69) is 52.6 Å². The molecule has 0 unspecified atom stereocenters. The SMILES string of the molecule is Cc1ccccc1-n1ncc(C(=O)NC[C@H]2CCN(c3ccccc3)C2)c1C. The van der Waals surface area contributed by atoms with Crippen LogP contribution in [0.5, 0.6) is 0 Å². The van der Waals surface area contributed by atoms with Crippen molar-refractivity contribution in [3.05, 3.63) is 77.6 Å². The highest BCUT2D eigenvalue weighted by Gasteiger charge is 2.24. The second kappa shape index (κ2) is 7.89. The molecule has 5 heteroatoms. The molecule has 1 saturated heterocycles. The van der Waals surface area contributed by atoms with Crippen LogP contribution in [0.4, 0.5) is 5.69 Å². The van der Waals surface area contributed by atoms with E-state index >= 15 is 0 Å². The van der Waals surface area contributed by atoms with E-state index < -0.39 is 0 Å². The summed E-state index contributed by atoms with van der Waals surface area (Å²) in [5.74, 6) is 0.423. The van der Waals surface area contributed by atoms with Gasteiger partial charge in [-0.05, 0) is 49.9 Å². The number of hydrogen-bond donors (Lipinski definition) is 1. The Bertz CT molecular complexity index is 964. The first-order valence-electron chi connectivity index (χ1n) is 9.82. The Labute approximate surface area is 166 Å². The molecule has 0 bridgehead atoms. The van der Waals surface area contributed by atoms with Crippen molar-refractivity contribution < 1.29 is 4.79 Å². The third kappa shape index (κ3) is 3.65. The molecule has 0 radical (unpaired) electrons. The standard InChI is InChI=1S/C23H26N4O/c1-17-8-6-7-11-22(17)27-18(2)21(15-25-27)23(28)24-14-19-12-13-26(16-19)20-9-4-3-5-10-20/h3-11,15,19H,12-14,16H2,1-2H3,(H,24,28)/t19-/m1/s1. The number of nitrogens with one attached hydrogen (secondary N) is 1. The van der Waals surface area contributed by atoms with E-state index in [1.54, 1.807) is 6.20 Å². The highest BCUT2D eigenvalue weighted by molar-refractivity contribution is 5.95. The highest BCUT2D eigenvalue weighted by Crippen LogP contribution is 2.23. The maximum Gasteiger partial charge on any atom is 0.254 e. The van der Waals surface area contributed by atoms with Gasteiger partial charge in [0.1, 0.15) is 0 Å². The fraction of sp³-hybridized carbons (Fsp3) is 0.304. The van der Waals surface area contributed by atoms with Crippen molar-refractivity contribution in [1.82, 2.24) is 15.1 Å². The number of anilines is 1. The molecule has 4 rings (SSSR count). The Hall–Kier alpha value is -3.08. The van der Waals surface area contributed by atoms with Crippen molar-refractivity contribution in [3.63, 3.8) is 0 Å². The molecule has 2 heterocycles. The summed E-state index contributed by atoms with van der Waals surface area (Å²) in [5, 5.41) is 7.56. The summed E-state index contributed by atoms with van der Waals surface area (Å²) in [5.41, 5.74) is 4.90. The van der Waals surface area contributed by atoms with Gasteiger partial charge in [-0.15, -0.1) is 0 Å². The van der Waals surface area contributed by atoms with Gasteiger partial charge in [0.2, 0.25) is 0 Å². The van der Waals surface area contributed by atoms with E-state index in [1.165, 1.54) is 5.69 Å². The first kappa shape index (κ1) is 18.3. The van der Waals surface area contributed by atoms with Gasteiger partial charge in [-0.1, -0.05) is 36.4 Å². The van der Waals surface area contributed by atoms with Gasteiger partial charge in [0.25, 0.3) is 5.91 Å². The smallest absolute Gasteiger partial charge is 0.254 e. The van der Waals surface area contributed by atoms with Gasteiger partial charge < -0.3 is 10.2 Å². The lowest BCUT2D eigenvalue weighted by Gasteiger charge is -2.18. The summed E-state index contributed by atoms with van der Waals surface area (Å²) >= 11 is 0. The van der Waals surface area contributed by atoms with Crippen molar-refractivity contribution in [2.45, 2.75) is 20.3 Å². The van der Waals surface area contributed by atoms with E-state index in [0.29, 0.717) is 18.0 Å². The van der Waals surface area contributed by atoms with Crippen LogP contribution in [0.25, 0.3) is 5.69 Å². The van der Waals surface area contributed by atoms with Crippen LogP contribution in [0.15, 0.2) is 60.8 Å². The summed E-state index contributed by atoms with van der Waals surface area (Å²) in [7, 11) is 0. The maximum atomic E-state index is 12.7. The van der Waals surface area contributed by atoms with Gasteiger partial charge in [0.15, 0.2) is 0 Å². The lowest BCUT2D eigenvalue weighted by Crippen LogP contribution is -2.31. The Morgan fingerprint density at radius 2 is 1.86 bits per heavy atom. The van der Waals surface area contributed by atoms with E-state index in [1.807, 2.05) is 35.9 Å². The minimum absolute atomic E-state index is 0.0458. The molecule has 28 heavy (non-hydrogen) atoms. The molecule has 0 saturated carbocycles. The van der Waals surface area contributed by atoms with Crippen molar-refractivity contribution in [2.75, 3.05) is 24.5 Å². The first-order valence-corrected chi connectivity index (χ1v) is 9.82. The fourth-order valence-corrected chi connectivity index (χ4v) is 3.88. The number of aromatic nitrogens is 2. The molecule has 2 aromatic carbocycles. The van der Waals surface area contributed by atoms with Gasteiger partial charge in [-0.3, -0.25) is 4.79 Å². The number of benzene rings is 2. The van der Waals surface area contributed by atoms with Gasteiger partial charge >= 0.3 is 0 Å². The average Bonchev–Trinajstić information content (AvgIpc) is 3.34. The molecular weight excluding hydrogens is 348 g/mol. The number of aryl methyl sites for hydroxylation is 1. The van der Waals surface area contributed by atoms with E-state index in [9.17, 15) is 4.79 Å². The number of para-hydroxylation sites is 2. The third-order valence-corrected chi connectivity index (χ3v) is 5.56. The molecule has 1 atom stereocenters. The second-order valence-corrected chi connectivity index (χ2v) is 7.49. The molecule has 0 spiro atoms. The predicted molar refractivity (Wildman–Crippen MR) is 112 cm³/mol. The normalized spacial score (nSPS) is 16.4. The molecule has 5 nitrogen and oxygen atoms in total. The lowest BCUT2D eigenvalue weighted by atomic mass is 10.1. The van der Waals surface area contributed by atoms with Crippen LogP contribution in [-0.2, 0) is 0 Å². The van der Waals surface area contributed by atoms with Crippen molar-refractivity contribution in [3.8, 4) is 5.69 Å². The van der Waals surface area contributed by atoms with E-state index in [-0.39, 0.29) is 5.91 Å². The van der Waals surface area contributed by atoms with Crippen LogP contribution in [-0.4, -0.2) is 35.3 Å². The van der Waals surface area contributed by atoms with Gasteiger partial charge in [-0.2, -0.15) is 5.10 Å². The zero-order valence-corrected chi connectivity index (χ0v) is 16.4. The van der Waals surface area contributed by atoms with Gasteiger partial charge in [0.05, 0.1) is 23.1 Å². The van der Waals surface area contributed by atoms with E-state index in [0.717, 1.165) is 36.5 Å². The Morgan fingerprint density at radius 3 is 2.64 bits per heavy atom. The lowest BCUT2D eigenvalue weighted by molar-refractivity contribution is 0.0947. The Kier molecular flexibility index (Phi) is 5.15. The van der Waals surface area contributed by atoms with Crippen LogP contribution in [0.3, 0.4) is 0 Å². The zero-order valence-electron chi connectivity index (χ0n) is 16.4. The first-order chi connectivity index (χ1) is 13.6. The molecule has 1 N–H and O–H groups in total. The minimum atomic E-state index is -0.0458. The summed E-state index contributed by atoms with van der Waals surface area (Å²) in [6.45, 7) is 6.70.